The molecule has 1 fully saturated rings. The number of halogens is 2. The minimum absolute atomic E-state index is 0.319. The van der Waals surface area contributed by atoms with E-state index in [1.165, 1.54) is 12.1 Å². The van der Waals surface area contributed by atoms with Crippen LogP contribution in [0.4, 0.5) is 10.1 Å². The van der Waals surface area contributed by atoms with E-state index in [0.717, 1.165) is 36.2 Å². The summed E-state index contributed by atoms with van der Waals surface area (Å²) in [7, 11) is 0. The smallest absolute Gasteiger partial charge is 0.290 e. The normalized spacial score (nSPS) is 19.5. The van der Waals surface area contributed by atoms with Crippen molar-refractivity contribution in [2.75, 3.05) is 5.43 Å². The maximum absolute atomic E-state index is 13.3. The number of anilines is 1. The molecule has 5 nitrogen and oxygen atoms in total. The molecule has 2 unspecified atom stereocenters. The molecule has 1 amide bonds. The highest BCUT2D eigenvalue weighted by Gasteiger charge is 2.44. The Kier molecular flexibility index (Phi) is 4.09. The number of hydrazine groups is 1. The molecule has 0 aliphatic heterocycles. The molecule has 0 saturated heterocycles. The van der Waals surface area contributed by atoms with Crippen LogP contribution in [0.15, 0.2) is 48.5 Å². The average molecular weight is 397 g/mol. The van der Waals surface area contributed by atoms with Crippen molar-refractivity contribution in [1.29, 1.82) is 0 Å². The number of hydrogen-bond donors (Lipinski definition) is 2. The Labute approximate surface area is 166 Å². The second-order valence-corrected chi connectivity index (χ2v) is 7.77. The Bertz CT molecular complexity index is 1060. The number of benzene rings is 2. The maximum Gasteiger partial charge on any atom is 0.290 e. The second kappa shape index (κ2) is 6.63. The summed E-state index contributed by atoms with van der Waals surface area (Å²) in [6.45, 7) is 0. The zero-order valence-corrected chi connectivity index (χ0v) is 15.7. The van der Waals surface area contributed by atoms with Gasteiger partial charge in [-0.2, -0.15) is 5.10 Å². The fourth-order valence-electron chi connectivity index (χ4n) is 4.43. The number of carbonyl (C=O) groups excluding carboxylic acids is 1. The molecule has 1 saturated carbocycles. The number of nitrogens with one attached hydrogen (secondary N) is 2. The third-order valence-electron chi connectivity index (χ3n) is 5.62. The predicted octanol–water partition coefficient (Wildman–Crippen LogP) is 4.79. The number of hydrogen-bond acceptors (Lipinski definition) is 3. The monoisotopic (exact) mass is 396 g/mol. The van der Waals surface area contributed by atoms with Gasteiger partial charge in [0.2, 0.25) is 0 Å². The maximum atomic E-state index is 13.3. The van der Waals surface area contributed by atoms with Crippen LogP contribution in [0.3, 0.4) is 0 Å². The van der Waals surface area contributed by atoms with Crippen molar-refractivity contribution in [1.82, 2.24) is 15.2 Å². The molecule has 0 spiro atoms. The molecule has 7 heteroatoms. The zero-order valence-electron chi connectivity index (χ0n) is 15.0. The van der Waals surface area contributed by atoms with Gasteiger partial charge in [-0.25, -0.2) is 9.07 Å². The molecule has 2 aliphatic carbocycles. The standard InChI is InChI=1S/C21H18ClFN4O/c22-14-6-8-17(9-7-14)27-20-13-5-4-12(10-13)18(20)19(26-27)21(28)25-24-16-3-1-2-15(23)11-16/h1-3,6-9,11-13,24H,4-5,10H2,(H,25,28). The van der Waals surface area contributed by atoms with E-state index in [2.05, 4.69) is 16.0 Å². The van der Waals surface area contributed by atoms with E-state index >= 15 is 0 Å². The summed E-state index contributed by atoms with van der Waals surface area (Å²) in [6, 6.07) is 13.4. The molecular formula is C21H18ClFN4O. The highest BCUT2D eigenvalue weighted by Crippen LogP contribution is 2.54. The summed E-state index contributed by atoms with van der Waals surface area (Å²) in [4.78, 5) is 12.9. The van der Waals surface area contributed by atoms with Gasteiger partial charge in [0.15, 0.2) is 5.69 Å². The van der Waals surface area contributed by atoms with E-state index in [4.69, 9.17) is 11.6 Å². The molecule has 3 aromatic rings. The van der Waals surface area contributed by atoms with Gasteiger partial charge < -0.3 is 0 Å². The highest BCUT2D eigenvalue weighted by atomic mass is 35.5. The van der Waals surface area contributed by atoms with Crippen LogP contribution >= 0.6 is 11.6 Å². The molecule has 2 aromatic carbocycles. The summed E-state index contributed by atoms with van der Waals surface area (Å²) in [5, 5.41) is 5.31. The summed E-state index contributed by atoms with van der Waals surface area (Å²) < 4.78 is 15.2. The van der Waals surface area contributed by atoms with E-state index in [-0.39, 0.29) is 11.7 Å². The van der Waals surface area contributed by atoms with Crippen LogP contribution in [0.1, 0.15) is 52.8 Å². The fourth-order valence-corrected chi connectivity index (χ4v) is 4.56. The first kappa shape index (κ1) is 17.3. The van der Waals surface area contributed by atoms with Gasteiger partial charge in [-0.15, -0.1) is 0 Å². The second-order valence-electron chi connectivity index (χ2n) is 7.33. The Morgan fingerprint density at radius 3 is 2.71 bits per heavy atom. The van der Waals surface area contributed by atoms with E-state index in [1.54, 1.807) is 12.1 Å². The van der Waals surface area contributed by atoms with Crippen LogP contribution in [0.2, 0.25) is 5.02 Å². The Hall–Kier alpha value is -2.86. The molecule has 1 aromatic heterocycles. The zero-order chi connectivity index (χ0) is 19.3. The number of aromatic nitrogens is 2. The van der Waals surface area contributed by atoms with Crippen LogP contribution in [-0.2, 0) is 0 Å². The lowest BCUT2D eigenvalue weighted by atomic mass is 9.95. The molecule has 2 aliphatic rings. The van der Waals surface area contributed by atoms with Gasteiger partial charge in [-0.3, -0.25) is 15.6 Å². The lowest BCUT2D eigenvalue weighted by Gasteiger charge is -2.14. The summed E-state index contributed by atoms with van der Waals surface area (Å²) in [5.74, 6) is 0.113. The largest absolute Gasteiger partial charge is 0.298 e. The van der Waals surface area contributed by atoms with Gasteiger partial charge in [0.1, 0.15) is 5.82 Å². The van der Waals surface area contributed by atoms with Gasteiger partial charge in [0, 0.05) is 16.5 Å². The fraction of sp³-hybridized carbons (Fsp3) is 0.238. The number of fused-ring (bicyclic) bond motifs is 5. The number of nitrogens with zero attached hydrogens (tertiary/aromatic N) is 2. The topological polar surface area (TPSA) is 59.0 Å². The Morgan fingerprint density at radius 2 is 1.93 bits per heavy atom. The highest BCUT2D eigenvalue weighted by molar-refractivity contribution is 6.30. The lowest BCUT2D eigenvalue weighted by molar-refractivity contribution is 0.0956. The molecule has 2 atom stereocenters. The van der Waals surface area contributed by atoms with Crippen molar-refractivity contribution in [3.05, 3.63) is 76.3 Å². The first-order valence-corrected chi connectivity index (χ1v) is 9.68. The quantitative estimate of drug-likeness (QED) is 0.623. The van der Waals surface area contributed by atoms with Gasteiger partial charge in [0.25, 0.3) is 5.91 Å². The van der Waals surface area contributed by atoms with Gasteiger partial charge in [-0.1, -0.05) is 17.7 Å². The summed E-state index contributed by atoms with van der Waals surface area (Å²) in [5.41, 5.74) is 9.40. The lowest BCUT2D eigenvalue weighted by Crippen LogP contribution is -2.30. The molecule has 28 heavy (non-hydrogen) atoms. The van der Waals surface area contributed by atoms with E-state index < -0.39 is 0 Å². The molecule has 5 rings (SSSR count). The Morgan fingerprint density at radius 1 is 1.14 bits per heavy atom. The van der Waals surface area contributed by atoms with Crippen LogP contribution < -0.4 is 10.9 Å². The average Bonchev–Trinajstić information content (AvgIpc) is 3.39. The summed E-state index contributed by atoms with van der Waals surface area (Å²) in [6.07, 6.45) is 3.28. The predicted molar refractivity (Wildman–Crippen MR) is 105 cm³/mol. The molecule has 1 heterocycles. The van der Waals surface area contributed by atoms with Crippen molar-refractivity contribution in [2.45, 2.75) is 31.1 Å². The minimum atomic E-state index is -0.371. The van der Waals surface area contributed by atoms with Crippen molar-refractivity contribution < 1.29 is 9.18 Å². The SMILES string of the molecule is O=C(NNc1cccc(F)c1)c1nn(-c2ccc(Cl)cc2)c2c1C1CCC2C1. The third kappa shape index (κ3) is 2.85. The molecule has 142 valence electrons. The van der Waals surface area contributed by atoms with E-state index in [1.807, 2.05) is 28.9 Å². The van der Waals surface area contributed by atoms with Gasteiger partial charge >= 0.3 is 0 Å². The van der Waals surface area contributed by atoms with E-state index in [9.17, 15) is 9.18 Å². The molecule has 0 radical (unpaired) electrons. The molecule has 2 N–H and O–H groups in total. The van der Waals surface area contributed by atoms with Crippen molar-refractivity contribution in [3.8, 4) is 5.69 Å². The minimum Gasteiger partial charge on any atom is -0.298 e. The van der Waals surface area contributed by atoms with Gasteiger partial charge in [0.05, 0.1) is 17.1 Å². The Balaban J connectivity index is 1.48. The van der Waals surface area contributed by atoms with Crippen LogP contribution in [0, 0.1) is 5.82 Å². The van der Waals surface area contributed by atoms with Crippen LogP contribution in [-0.4, -0.2) is 15.7 Å². The van der Waals surface area contributed by atoms with Crippen molar-refractivity contribution >= 4 is 23.2 Å². The number of amides is 1. The first-order valence-electron chi connectivity index (χ1n) is 9.31. The first-order chi connectivity index (χ1) is 13.6. The molecular weight excluding hydrogens is 379 g/mol. The van der Waals surface area contributed by atoms with Crippen molar-refractivity contribution in [2.24, 2.45) is 0 Å². The van der Waals surface area contributed by atoms with Crippen LogP contribution in [0.5, 0.6) is 0 Å². The third-order valence-corrected chi connectivity index (χ3v) is 5.87. The number of rotatable bonds is 4. The van der Waals surface area contributed by atoms with E-state index in [0.29, 0.717) is 28.2 Å². The number of carbonyl (C=O) groups is 1. The van der Waals surface area contributed by atoms with Crippen molar-refractivity contribution in [3.63, 3.8) is 0 Å². The molecule has 2 bridgehead atoms. The van der Waals surface area contributed by atoms with Gasteiger partial charge in [-0.05, 0) is 67.6 Å². The summed E-state index contributed by atoms with van der Waals surface area (Å²) >= 11 is 6.02. The van der Waals surface area contributed by atoms with Crippen LogP contribution in [0.25, 0.3) is 5.69 Å².